The number of nitrogens with zero attached hydrogens (tertiary/aromatic N) is 1. The van der Waals surface area contributed by atoms with Crippen molar-refractivity contribution in [2.75, 3.05) is 11.9 Å². The van der Waals surface area contributed by atoms with E-state index in [-0.39, 0.29) is 0 Å². The van der Waals surface area contributed by atoms with Crippen molar-refractivity contribution in [3.05, 3.63) is 45.4 Å². The molecule has 1 N–H and O–H groups in total. The number of aromatic nitrogens is 1. The smallest absolute Gasteiger partial charge is 0.0948 e. The number of hydrogen-bond acceptors (Lipinski definition) is 3. The lowest BCUT2D eigenvalue weighted by Crippen LogP contribution is -2.04. The van der Waals surface area contributed by atoms with Crippen molar-refractivity contribution in [3.63, 3.8) is 0 Å². The van der Waals surface area contributed by atoms with Crippen LogP contribution in [0.4, 0.5) is 5.69 Å². The maximum absolute atomic E-state index is 4.53. The maximum atomic E-state index is 4.53. The molecule has 1 heterocycles. The minimum atomic E-state index is 0.940. The topological polar surface area (TPSA) is 24.9 Å². The lowest BCUT2D eigenvalue weighted by Gasteiger charge is -2.04. The maximum Gasteiger partial charge on any atom is 0.0948 e. The van der Waals surface area contributed by atoms with E-state index in [1.807, 2.05) is 0 Å². The van der Waals surface area contributed by atoms with Crippen LogP contribution in [-0.2, 0) is 6.42 Å². The van der Waals surface area contributed by atoms with Crippen LogP contribution in [0.2, 0.25) is 0 Å². The molecule has 17 heavy (non-hydrogen) atoms. The van der Waals surface area contributed by atoms with Gasteiger partial charge in [0.05, 0.1) is 10.7 Å². The van der Waals surface area contributed by atoms with Crippen molar-refractivity contribution < 1.29 is 0 Å². The Balaban J connectivity index is 1.85. The average molecular weight is 246 g/mol. The molecule has 1 aromatic carbocycles. The van der Waals surface area contributed by atoms with Gasteiger partial charge in [0.25, 0.3) is 0 Å². The van der Waals surface area contributed by atoms with Gasteiger partial charge in [0.2, 0.25) is 0 Å². The summed E-state index contributed by atoms with van der Waals surface area (Å²) >= 11 is 1.80. The highest BCUT2D eigenvalue weighted by molar-refractivity contribution is 7.11. The third-order valence-electron chi connectivity index (χ3n) is 2.79. The highest BCUT2D eigenvalue weighted by atomic mass is 32.1. The number of nitrogens with one attached hydrogen (secondary N) is 1. The fraction of sp³-hybridized carbons (Fsp3) is 0.357. The fourth-order valence-electron chi connectivity index (χ4n) is 1.63. The SMILES string of the molecule is Cc1ccc(NCCc2nc(C)c(C)s2)cc1. The van der Waals surface area contributed by atoms with Crippen LogP contribution in [0.1, 0.15) is 21.1 Å². The van der Waals surface area contributed by atoms with Crippen LogP contribution in [-0.4, -0.2) is 11.5 Å². The Kier molecular flexibility index (Phi) is 3.79. The lowest BCUT2D eigenvalue weighted by atomic mass is 10.2. The van der Waals surface area contributed by atoms with Gasteiger partial charge in [-0.1, -0.05) is 17.7 Å². The molecule has 1 aromatic heterocycles. The van der Waals surface area contributed by atoms with Crippen molar-refractivity contribution in [1.29, 1.82) is 0 Å². The average Bonchev–Trinajstić information content (AvgIpc) is 2.61. The number of rotatable bonds is 4. The van der Waals surface area contributed by atoms with Crippen LogP contribution in [0.25, 0.3) is 0 Å². The normalized spacial score (nSPS) is 10.5. The molecule has 0 saturated carbocycles. The van der Waals surface area contributed by atoms with Gasteiger partial charge in [0.15, 0.2) is 0 Å². The summed E-state index contributed by atoms with van der Waals surface area (Å²) in [5.41, 5.74) is 3.64. The molecule has 0 radical (unpaired) electrons. The molecule has 0 aliphatic rings. The molecule has 90 valence electrons. The Morgan fingerprint density at radius 1 is 1.12 bits per heavy atom. The van der Waals surface area contributed by atoms with Gasteiger partial charge in [-0.3, -0.25) is 0 Å². The van der Waals surface area contributed by atoms with E-state index in [1.54, 1.807) is 11.3 Å². The standard InChI is InChI=1S/C14H18N2S/c1-10-4-6-13(7-5-10)15-9-8-14-16-11(2)12(3)17-14/h4-7,15H,8-9H2,1-3H3. The van der Waals surface area contributed by atoms with Crippen LogP contribution in [0.3, 0.4) is 0 Å². The molecule has 0 amide bonds. The molecule has 0 aliphatic carbocycles. The second-order valence-electron chi connectivity index (χ2n) is 4.29. The molecule has 0 atom stereocenters. The number of anilines is 1. The number of aryl methyl sites for hydroxylation is 3. The molecule has 2 aromatic rings. The molecule has 0 aliphatic heterocycles. The molecule has 0 bridgehead atoms. The van der Waals surface area contributed by atoms with E-state index in [9.17, 15) is 0 Å². The van der Waals surface area contributed by atoms with Gasteiger partial charge in [0, 0.05) is 23.5 Å². The minimum Gasteiger partial charge on any atom is -0.385 e. The Labute approximate surface area is 107 Å². The van der Waals surface area contributed by atoms with E-state index >= 15 is 0 Å². The summed E-state index contributed by atoms with van der Waals surface area (Å²) in [4.78, 5) is 5.86. The van der Waals surface area contributed by atoms with Crippen LogP contribution in [0, 0.1) is 20.8 Å². The van der Waals surface area contributed by atoms with E-state index in [0.717, 1.165) is 13.0 Å². The van der Waals surface area contributed by atoms with Gasteiger partial charge in [-0.2, -0.15) is 0 Å². The molecule has 2 nitrogen and oxygen atoms in total. The zero-order valence-corrected chi connectivity index (χ0v) is 11.4. The van der Waals surface area contributed by atoms with Crippen molar-refractivity contribution in [1.82, 2.24) is 4.98 Å². The zero-order chi connectivity index (χ0) is 12.3. The summed E-state index contributed by atoms with van der Waals surface area (Å²) in [6, 6.07) is 8.49. The molecule has 3 heteroatoms. The van der Waals surface area contributed by atoms with E-state index in [2.05, 4.69) is 55.3 Å². The first-order valence-corrected chi connectivity index (χ1v) is 6.70. The Bertz CT molecular complexity index is 466. The predicted molar refractivity (Wildman–Crippen MR) is 75.0 cm³/mol. The zero-order valence-electron chi connectivity index (χ0n) is 10.6. The first kappa shape index (κ1) is 12.1. The molecule has 0 saturated heterocycles. The van der Waals surface area contributed by atoms with E-state index < -0.39 is 0 Å². The van der Waals surface area contributed by atoms with Crippen molar-refractivity contribution >= 4 is 17.0 Å². The highest BCUT2D eigenvalue weighted by Gasteiger charge is 2.02. The van der Waals surface area contributed by atoms with Crippen LogP contribution in [0.15, 0.2) is 24.3 Å². The quantitative estimate of drug-likeness (QED) is 0.889. The van der Waals surface area contributed by atoms with Crippen molar-refractivity contribution in [2.24, 2.45) is 0 Å². The summed E-state index contributed by atoms with van der Waals surface area (Å²) in [7, 11) is 0. The van der Waals surface area contributed by atoms with Gasteiger partial charge in [-0.05, 0) is 32.9 Å². The summed E-state index contributed by atoms with van der Waals surface area (Å²) in [6.45, 7) is 7.24. The van der Waals surface area contributed by atoms with Gasteiger partial charge in [0.1, 0.15) is 0 Å². The van der Waals surface area contributed by atoms with Gasteiger partial charge in [-0.25, -0.2) is 4.98 Å². The van der Waals surface area contributed by atoms with E-state index in [4.69, 9.17) is 0 Å². The molecule has 0 unspecified atom stereocenters. The number of hydrogen-bond donors (Lipinski definition) is 1. The lowest BCUT2D eigenvalue weighted by molar-refractivity contribution is 0.985. The fourth-order valence-corrected chi connectivity index (χ4v) is 2.56. The largest absolute Gasteiger partial charge is 0.385 e. The summed E-state index contributed by atoms with van der Waals surface area (Å²) in [6.07, 6.45) is 0.993. The number of benzene rings is 1. The Hall–Kier alpha value is -1.35. The summed E-state index contributed by atoms with van der Waals surface area (Å²) in [5.74, 6) is 0. The van der Waals surface area contributed by atoms with Crippen LogP contribution < -0.4 is 5.32 Å². The molecular weight excluding hydrogens is 228 g/mol. The van der Waals surface area contributed by atoms with Crippen molar-refractivity contribution in [3.8, 4) is 0 Å². The number of thiazole rings is 1. The minimum absolute atomic E-state index is 0.940. The van der Waals surface area contributed by atoms with E-state index in [0.29, 0.717) is 0 Å². The van der Waals surface area contributed by atoms with Gasteiger partial charge in [-0.15, -0.1) is 11.3 Å². The van der Waals surface area contributed by atoms with Crippen LogP contribution in [0.5, 0.6) is 0 Å². The first-order valence-electron chi connectivity index (χ1n) is 5.88. The molecule has 0 spiro atoms. The summed E-state index contributed by atoms with van der Waals surface area (Å²) in [5, 5.41) is 4.64. The summed E-state index contributed by atoms with van der Waals surface area (Å²) < 4.78 is 0. The second kappa shape index (κ2) is 5.32. The highest BCUT2D eigenvalue weighted by Crippen LogP contribution is 2.17. The second-order valence-corrected chi connectivity index (χ2v) is 5.58. The van der Waals surface area contributed by atoms with Gasteiger partial charge >= 0.3 is 0 Å². The van der Waals surface area contributed by atoms with Crippen LogP contribution >= 0.6 is 11.3 Å². The van der Waals surface area contributed by atoms with Crippen molar-refractivity contribution in [2.45, 2.75) is 27.2 Å². The molecule has 2 rings (SSSR count). The first-order chi connectivity index (χ1) is 8.15. The predicted octanol–water partition coefficient (Wildman–Crippen LogP) is 3.72. The third kappa shape index (κ3) is 3.30. The molecular formula is C14H18N2S. The monoisotopic (exact) mass is 246 g/mol. The Morgan fingerprint density at radius 3 is 2.41 bits per heavy atom. The van der Waals surface area contributed by atoms with Gasteiger partial charge < -0.3 is 5.32 Å². The van der Waals surface area contributed by atoms with E-state index in [1.165, 1.54) is 26.8 Å². The third-order valence-corrected chi connectivity index (χ3v) is 3.93. The molecule has 0 fully saturated rings. The Morgan fingerprint density at radius 2 is 1.82 bits per heavy atom.